The van der Waals surface area contributed by atoms with E-state index in [2.05, 4.69) is 48.3 Å². The Balaban J connectivity index is 1.89. The number of thioether (sulfide) groups is 1. The number of nitrogens with zero attached hydrogens (tertiary/aromatic N) is 2. The van der Waals surface area contributed by atoms with Gasteiger partial charge in [0.25, 0.3) is 0 Å². The first-order valence-electron chi connectivity index (χ1n) is 6.96. The van der Waals surface area contributed by atoms with Crippen LogP contribution >= 0.6 is 11.8 Å². The van der Waals surface area contributed by atoms with Crippen molar-refractivity contribution in [2.75, 3.05) is 0 Å². The zero-order valence-electron chi connectivity index (χ0n) is 12.0. The number of hydrogen-bond acceptors (Lipinski definition) is 5. The number of aryl methyl sites for hydroxylation is 1. The lowest BCUT2D eigenvalue weighted by Gasteiger charge is -2.03. The van der Waals surface area contributed by atoms with Gasteiger partial charge in [-0.2, -0.15) is 4.98 Å². The van der Waals surface area contributed by atoms with Crippen molar-refractivity contribution in [3.63, 3.8) is 0 Å². The van der Waals surface area contributed by atoms with Gasteiger partial charge in [-0.25, -0.2) is 0 Å². The summed E-state index contributed by atoms with van der Waals surface area (Å²) in [6.45, 7) is 4.23. The van der Waals surface area contributed by atoms with Crippen molar-refractivity contribution in [1.82, 2.24) is 10.1 Å². The van der Waals surface area contributed by atoms with Crippen molar-refractivity contribution in [1.29, 1.82) is 0 Å². The molecule has 2 aromatic rings. The van der Waals surface area contributed by atoms with Crippen molar-refractivity contribution >= 4 is 11.8 Å². The first-order valence-corrected chi connectivity index (χ1v) is 7.95. The van der Waals surface area contributed by atoms with Crippen LogP contribution in [0.4, 0.5) is 0 Å². The Bertz CT molecular complexity index is 541. The Morgan fingerprint density at radius 2 is 2.25 bits per heavy atom. The van der Waals surface area contributed by atoms with E-state index in [4.69, 9.17) is 10.3 Å². The molecule has 1 aromatic carbocycles. The van der Waals surface area contributed by atoms with Gasteiger partial charge in [-0.1, -0.05) is 42.6 Å². The Morgan fingerprint density at radius 1 is 1.40 bits per heavy atom. The molecular weight excluding hydrogens is 270 g/mol. The summed E-state index contributed by atoms with van der Waals surface area (Å²) in [5.41, 5.74) is 7.27. The minimum atomic E-state index is -0.139. The molecule has 0 amide bonds. The van der Waals surface area contributed by atoms with Crippen molar-refractivity contribution in [2.24, 2.45) is 5.73 Å². The molecule has 0 bridgehead atoms. The summed E-state index contributed by atoms with van der Waals surface area (Å²) in [5, 5.41) is 4.00. The van der Waals surface area contributed by atoms with Gasteiger partial charge in [0.15, 0.2) is 5.82 Å². The molecule has 1 aromatic heterocycles. The maximum Gasteiger partial charge on any atom is 0.243 e. The van der Waals surface area contributed by atoms with E-state index in [-0.39, 0.29) is 6.04 Å². The van der Waals surface area contributed by atoms with Gasteiger partial charge in [-0.15, -0.1) is 11.8 Å². The zero-order chi connectivity index (χ0) is 14.4. The Labute approximate surface area is 124 Å². The summed E-state index contributed by atoms with van der Waals surface area (Å²) in [6.07, 6.45) is 3.10. The van der Waals surface area contributed by atoms with E-state index in [1.807, 2.05) is 0 Å². The van der Waals surface area contributed by atoms with Gasteiger partial charge in [0.2, 0.25) is 5.89 Å². The maximum atomic E-state index is 6.02. The molecule has 0 aliphatic carbocycles. The summed E-state index contributed by atoms with van der Waals surface area (Å²) in [6, 6.07) is 8.24. The lowest BCUT2D eigenvalue weighted by atomic mass is 10.1. The van der Waals surface area contributed by atoms with E-state index in [0.29, 0.717) is 17.5 Å². The van der Waals surface area contributed by atoms with Crippen LogP contribution in [0.25, 0.3) is 0 Å². The van der Waals surface area contributed by atoms with E-state index in [9.17, 15) is 0 Å². The predicted molar refractivity (Wildman–Crippen MR) is 81.5 cm³/mol. The summed E-state index contributed by atoms with van der Waals surface area (Å²) in [4.78, 5) is 5.59. The first kappa shape index (κ1) is 15.1. The number of nitrogens with two attached hydrogens (primary N) is 1. The van der Waals surface area contributed by atoms with E-state index in [0.717, 1.165) is 19.3 Å². The minimum Gasteiger partial charge on any atom is -0.338 e. The lowest BCUT2D eigenvalue weighted by Crippen LogP contribution is -2.10. The molecular formula is C15H21N3OS. The van der Waals surface area contributed by atoms with Gasteiger partial charge in [0.1, 0.15) is 0 Å². The normalized spacial score (nSPS) is 12.6. The highest BCUT2D eigenvalue weighted by atomic mass is 32.2. The van der Waals surface area contributed by atoms with Gasteiger partial charge in [0.05, 0.1) is 11.8 Å². The van der Waals surface area contributed by atoms with Gasteiger partial charge in [-0.3, -0.25) is 0 Å². The molecule has 1 heterocycles. The lowest BCUT2D eigenvalue weighted by molar-refractivity contribution is 0.343. The average molecular weight is 291 g/mol. The Morgan fingerprint density at radius 3 is 3.00 bits per heavy atom. The molecule has 1 atom stereocenters. The van der Waals surface area contributed by atoms with Crippen LogP contribution < -0.4 is 5.73 Å². The number of unbranched alkanes of at least 4 members (excludes halogenated alkanes) is 1. The highest BCUT2D eigenvalue weighted by molar-refractivity contribution is 7.98. The molecule has 0 saturated carbocycles. The molecule has 0 fully saturated rings. The van der Waals surface area contributed by atoms with E-state index in [1.165, 1.54) is 10.5 Å². The largest absolute Gasteiger partial charge is 0.338 e. The quantitative estimate of drug-likeness (QED) is 0.785. The van der Waals surface area contributed by atoms with Crippen LogP contribution in [0, 0.1) is 6.92 Å². The second-order valence-corrected chi connectivity index (χ2v) is 5.95. The van der Waals surface area contributed by atoms with Crippen LogP contribution in [0.5, 0.6) is 0 Å². The molecule has 108 valence electrons. The SMILES string of the molecule is CCCC[C@H](N)c1nc(CSc2cccc(C)c2)no1. The molecule has 2 rings (SSSR count). The van der Waals surface area contributed by atoms with Gasteiger partial charge in [-0.05, 0) is 25.5 Å². The van der Waals surface area contributed by atoms with E-state index < -0.39 is 0 Å². The molecule has 5 heteroatoms. The van der Waals surface area contributed by atoms with Crippen LogP contribution in [-0.2, 0) is 5.75 Å². The van der Waals surface area contributed by atoms with Gasteiger partial charge >= 0.3 is 0 Å². The summed E-state index contributed by atoms with van der Waals surface area (Å²) in [5.74, 6) is 1.96. The number of rotatable bonds is 7. The fourth-order valence-corrected chi connectivity index (χ4v) is 2.73. The van der Waals surface area contributed by atoms with Crippen LogP contribution in [0.15, 0.2) is 33.7 Å². The highest BCUT2D eigenvalue weighted by Crippen LogP contribution is 2.23. The molecule has 0 spiro atoms. The van der Waals surface area contributed by atoms with E-state index in [1.54, 1.807) is 11.8 Å². The van der Waals surface area contributed by atoms with Crippen molar-refractivity contribution in [2.45, 2.75) is 49.8 Å². The van der Waals surface area contributed by atoms with E-state index >= 15 is 0 Å². The number of benzene rings is 1. The predicted octanol–water partition coefficient (Wildman–Crippen LogP) is 3.86. The Hall–Kier alpha value is -1.33. The number of hydrogen-bond donors (Lipinski definition) is 1. The van der Waals surface area contributed by atoms with Gasteiger partial charge < -0.3 is 10.3 Å². The zero-order valence-corrected chi connectivity index (χ0v) is 12.8. The smallest absolute Gasteiger partial charge is 0.243 e. The highest BCUT2D eigenvalue weighted by Gasteiger charge is 2.14. The standard InChI is InChI=1S/C15H21N3OS/c1-3-4-8-13(16)15-17-14(18-19-15)10-20-12-7-5-6-11(2)9-12/h5-7,9,13H,3-4,8,10,16H2,1-2H3/t13-/m0/s1. The average Bonchev–Trinajstić information content (AvgIpc) is 2.91. The second-order valence-electron chi connectivity index (χ2n) is 4.90. The van der Waals surface area contributed by atoms with Crippen molar-refractivity contribution in [3.05, 3.63) is 41.5 Å². The number of aromatic nitrogens is 2. The topological polar surface area (TPSA) is 64.9 Å². The van der Waals surface area contributed by atoms with Crippen molar-refractivity contribution < 1.29 is 4.52 Å². The third-order valence-corrected chi connectivity index (χ3v) is 4.02. The third kappa shape index (κ3) is 4.35. The molecule has 0 saturated heterocycles. The van der Waals surface area contributed by atoms with Crippen LogP contribution in [0.3, 0.4) is 0 Å². The molecule has 0 aliphatic heterocycles. The molecule has 20 heavy (non-hydrogen) atoms. The van der Waals surface area contributed by atoms with Crippen LogP contribution in [-0.4, -0.2) is 10.1 Å². The maximum absolute atomic E-state index is 6.02. The minimum absolute atomic E-state index is 0.139. The fraction of sp³-hybridized carbons (Fsp3) is 0.467. The monoisotopic (exact) mass is 291 g/mol. The summed E-state index contributed by atoms with van der Waals surface area (Å²) >= 11 is 1.70. The van der Waals surface area contributed by atoms with Crippen molar-refractivity contribution in [3.8, 4) is 0 Å². The van der Waals surface area contributed by atoms with Gasteiger partial charge in [0, 0.05) is 4.90 Å². The molecule has 2 N–H and O–H groups in total. The second kappa shape index (κ2) is 7.45. The molecule has 0 aliphatic rings. The molecule has 0 radical (unpaired) electrons. The first-order chi connectivity index (χ1) is 9.69. The molecule has 4 nitrogen and oxygen atoms in total. The fourth-order valence-electron chi connectivity index (χ4n) is 1.88. The summed E-state index contributed by atoms with van der Waals surface area (Å²) in [7, 11) is 0. The third-order valence-electron chi connectivity index (χ3n) is 3.03. The van der Waals surface area contributed by atoms with Crippen LogP contribution in [0.2, 0.25) is 0 Å². The van der Waals surface area contributed by atoms with Crippen LogP contribution in [0.1, 0.15) is 49.5 Å². The summed E-state index contributed by atoms with van der Waals surface area (Å²) < 4.78 is 5.24. The molecule has 0 unspecified atom stereocenters. The Kier molecular flexibility index (Phi) is 5.61.